The summed E-state index contributed by atoms with van der Waals surface area (Å²) in [6, 6.07) is 0. The van der Waals surface area contributed by atoms with E-state index in [1.165, 1.54) is 29.3 Å². The highest BCUT2D eigenvalue weighted by molar-refractivity contribution is 7.99. The molecule has 1 N–H and O–H groups in total. The van der Waals surface area contributed by atoms with Crippen LogP contribution in [0.25, 0.3) is 0 Å². The first kappa shape index (κ1) is 7.22. The lowest BCUT2D eigenvalue weighted by atomic mass is 10.3. The molecule has 1 aliphatic heterocycles. The molecule has 0 saturated carbocycles. The molecule has 0 saturated heterocycles. The van der Waals surface area contributed by atoms with Crippen LogP contribution in [0.15, 0.2) is 5.03 Å². The van der Waals surface area contributed by atoms with Gasteiger partial charge in [-0.25, -0.2) is 4.98 Å². The van der Waals surface area contributed by atoms with Crippen molar-refractivity contribution in [1.82, 2.24) is 9.97 Å². The zero-order valence-electron chi connectivity index (χ0n) is 6.68. The van der Waals surface area contributed by atoms with Gasteiger partial charge in [0.1, 0.15) is 10.9 Å². The van der Waals surface area contributed by atoms with E-state index in [0.29, 0.717) is 0 Å². The Morgan fingerprint density at radius 1 is 1.64 bits per heavy atom. The van der Waals surface area contributed by atoms with E-state index in [4.69, 9.17) is 0 Å². The minimum Gasteiger partial charge on any atom is -0.345 e. The largest absolute Gasteiger partial charge is 0.345 e. The van der Waals surface area contributed by atoms with Crippen molar-refractivity contribution in [1.29, 1.82) is 0 Å². The number of fused-ring (bicyclic) bond motifs is 1. The maximum atomic E-state index is 4.48. The number of aromatic nitrogens is 2. The Morgan fingerprint density at radius 3 is 3.27 bits per heavy atom. The third kappa shape index (κ3) is 1.29. The van der Waals surface area contributed by atoms with Gasteiger partial charge in [0.15, 0.2) is 0 Å². The summed E-state index contributed by atoms with van der Waals surface area (Å²) in [6.45, 7) is 2.13. The molecule has 2 nitrogen and oxygen atoms in total. The Labute approximate surface area is 70.8 Å². The molecule has 3 heteroatoms. The van der Waals surface area contributed by atoms with E-state index in [1.807, 2.05) is 11.8 Å². The molecule has 0 fully saturated rings. The fraction of sp³-hybridized carbons (Fsp3) is 0.625. The van der Waals surface area contributed by atoms with E-state index in [9.17, 15) is 0 Å². The number of imidazole rings is 1. The summed E-state index contributed by atoms with van der Waals surface area (Å²) in [6.07, 6.45) is 3.51. The molecule has 60 valence electrons. The van der Waals surface area contributed by atoms with Gasteiger partial charge >= 0.3 is 0 Å². The molecule has 0 aromatic carbocycles. The Hall–Kier alpha value is -0.440. The second-order valence-electron chi connectivity index (χ2n) is 2.77. The molecule has 0 atom stereocenters. The highest BCUT2D eigenvalue weighted by Gasteiger charge is 2.13. The molecule has 0 bridgehead atoms. The zero-order chi connectivity index (χ0) is 7.68. The molecular weight excluding hydrogens is 156 g/mol. The quantitative estimate of drug-likeness (QED) is 0.695. The van der Waals surface area contributed by atoms with E-state index in [1.54, 1.807) is 0 Å². The van der Waals surface area contributed by atoms with Gasteiger partial charge in [-0.05, 0) is 18.6 Å². The lowest BCUT2D eigenvalue weighted by Crippen LogP contribution is -1.96. The minimum atomic E-state index is 1.02. The third-order valence-electron chi connectivity index (χ3n) is 1.93. The molecular formula is C8H12N2S. The van der Waals surface area contributed by atoms with Crippen LogP contribution in [-0.4, -0.2) is 15.7 Å². The van der Waals surface area contributed by atoms with Gasteiger partial charge < -0.3 is 4.98 Å². The van der Waals surface area contributed by atoms with Crippen molar-refractivity contribution in [2.75, 3.05) is 5.75 Å². The summed E-state index contributed by atoms with van der Waals surface area (Å²) in [5, 5.41) is 1.24. The Bertz CT molecular complexity index is 231. The van der Waals surface area contributed by atoms with E-state index in [-0.39, 0.29) is 0 Å². The average Bonchev–Trinajstić information content (AvgIpc) is 2.46. The summed E-state index contributed by atoms with van der Waals surface area (Å²) < 4.78 is 0. The minimum absolute atomic E-state index is 1.02. The van der Waals surface area contributed by atoms with Gasteiger partial charge in [0.05, 0.1) is 0 Å². The van der Waals surface area contributed by atoms with Crippen molar-refractivity contribution in [3.63, 3.8) is 0 Å². The van der Waals surface area contributed by atoms with Crippen LogP contribution in [-0.2, 0) is 12.8 Å². The lowest BCUT2D eigenvalue weighted by molar-refractivity contribution is 0.852. The first-order chi connectivity index (χ1) is 5.40. The monoisotopic (exact) mass is 168 g/mol. The van der Waals surface area contributed by atoms with Gasteiger partial charge in [-0.3, -0.25) is 0 Å². The van der Waals surface area contributed by atoms with Gasteiger partial charge in [-0.15, -0.1) is 11.8 Å². The molecule has 0 spiro atoms. The van der Waals surface area contributed by atoms with Crippen molar-refractivity contribution in [2.45, 2.75) is 31.2 Å². The van der Waals surface area contributed by atoms with Gasteiger partial charge in [0.25, 0.3) is 0 Å². The molecule has 0 aliphatic carbocycles. The van der Waals surface area contributed by atoms with Crippen LogP contribution in [0.5, 0.6) is 0 Å². The standard InChI is InChI=1S/C8H12N2S/c1-2-7-9-6-4-3-5-11-8(6)10-7/h2-5H2,1H3,(H,9,10). The normalized spacial score (nSPS) is 16.5. The second-order valence-corrected chi connectivity index (χ2v) is 3.86. The van der Waals surface area contributed by atoms with Crippen molar-refractivity contribution < 1.29 is 0 Å². The summed E-state index contributed by atoms with van der Waals surface area (Å²) in [5.74, 6) is 2.38. The second kappa shape index (κ2) is 2.89. The number of hydrogen-bond acceptors (Lipinski definition) is 2. The Balaban J connectivity index is 2.32. The van der Waals surface area contributed by atoms with Crippen LogP contribution in [0.3, 0.4) is 0 Å². The Kier molecular flexibility index (Phi) is 1.90. The van der Waals surface area contributed by atoms with Gasteiger partial charge in [0, 0.05) is 12.1 Å². The van der Waals surface area contributed by atoms with Crippen molar-refractivity contribution >= 4 is 11.8 Å². The SMILES string of the molecule is CCc1nc2c([nH]1)CCCS2. The first-order valence-electron chi connectivity index (χ1n) is 4.10. The predicted octanol–water partition coefficient (Wildman–Crippen LogP) is 2.01. The van der Waals surface area contributed by atoms with Gasteiger partial charge in [0.2, 0.25) is 0 Å². The van der Waals surface area contributed by atoms with E-state index < -0.39 is 0 Å². The third-order valence-corrected chi connectivity index (χ3v) is 3.04. The topological polar surface area (TPSA) is 28.7 Å². The summed E-state index contributed by atoms with van der Waals surface area (Å²) >= 11 is 1.88. The number of thioether (sulfide) groups is 1. The zero-order valence-corrected chi connectivity index (χ0v) is 7.50. The van der Waals surface area contributed by atoms with E-state index in [0.717, 1.165) is 12.2 Å². The van der Waals surface area contributed by atoms with Crippen LogP contribution in [0.4, 0.5) is 0 Å². The molecule has 1 aliphatic rings. The number of nitrogens with zero attached hydrogens (tertiary/aromatic N) is 1. The number of H-pyrrole nitrogens is 1. The summed E-state index contributed by atoms with van der Waals surface area (Å²) in [4.78, 5) is 7.83. The molecule has 2 rings (SSSR count). The van der Waals surface area contributed by atoms with Crippen LogP contribution >= 0.6 is 11.8 Å². The fourth-order valence-corrected chi connectivity index (χ4v) is 2.30. The average molecular weight is 168 g/mol. The van der Waals surface area contributed by atoms with Crippen molar-refractivity contribution in [3.05, 3.63) is 11.5 Å². The van der Waals surface area contributed by atoms with Crippen molar-refractivity contribution in [3.8, 4) is 0 Å². The number of nitrogens with one attached hydrogen (secondary N) is 1. The number of aromatic amines is 1. The maximum Gasteiger partial charge on any atom is 0.117 e. The van der Waals surface area contributed by atoms with Gasteiger partial charge in [-0.2, -0.15) is 0 Å². The summed E-state index contributed by atoms with van der Waals surface area (Å²) in [7, 11) is 0. The smallest absolute Gasteiger partial charge is 0.117 e. The molecule has 1 aromatic rings. The number of hydrogen-bond donors (Lipinski definition) is 1. The van der Waals surface area contributed by atoms with E-state index in [2.05, 4.69) is 16.9 Å². The van der Waals surface area contributed by atoms with Crippen LogP contribution in [0.1, 0.15) is 24.9 Å². The molecule has 2 heterocycles. The molecule has 11 heavy (non-hydrogen) atoms. The van der Waals surface area contributed by atoms with Gasteiger partial charge in [-0.1, -0.05) is 6.92 Å². The molecule has 1 aromatic heterocycles. The highest BCUT2D eigenvalue weighted by Crippen LogP contribution is 2.27. The maximum absolute atomic E-state index is 4.48. The Morgan fingerprint density at radius 2 is 2.55 bits per heavy atom. The fourth-order valence-electron chi connectivity index (χ4n) is 1.32. The highest BCUT2D eigenvalue weighted by atomic mass is 32.2. The number of aryl methyl sites for hydroxylation is 2. The van der Waals surface area contributed by atoms with Crippen molar-refractivity contribution in [2.24, 2.45) is 0 Å². The summed E-state index contributed by atoms with van der Waals surface area (Å²) in [5.41, 5.74) is 1.36. The first-order valence-corrected chi connectivity index (χ1v) is 5.09. The lowest BCUT2D eigenvalue weighted by Gasteiger charge is -2.06. The van der Waals surface area contributed by atoms with E-state index >= 15 is 0 Å². The van der Waals surface area contributed by atoms with Crippen LogP contribution in [0.2, 0.25) is 0 Å². The van der Waals surface area contributed by atoms with Crippen LogP contribution in [0, 0.1) is 0 Å². The molecule has 0 amide bonds. The number of rotatable bonds is 1. The molecule has 0 unspecified atom stereocenters. The molecule has 0 radical (unpaired) electrons. The van der Waals surface area contributed by atoms with Crippen LogP contribution < -0.4 is 0 Å². The predicted molar refractivity (Wildman–Crippen MR) is 47.0 cm³/mol.